The molecule has 4 rings (SSSR count). The Hall–Kier alpha value is -1.90. The van der Waals surface area contributed by atoms with E-state index >= 15 is 0 Å². The maximum atomic E-state index is 13.1. The van der Waals surface area contributed by atoms with E-state index in [1.807, 2.05) is 20.8 Å². The second-order valence-corrected chi connectivity index (χ2v) is 10.7. The van der Waals surface area contributed by atoms with Gasteiger partial charge in [-0.2, -0.15) is 4.31 Å². The number of piperidine rings is 1. The summed E-state index contributed by atoms with van der Waals surface area (Å²) in [6, 6.07) is 4.87. The first-order chi connectivity index (χ1) is 14.2. The number of hydrogen-bond donors (Lipinski definition) is 0. The van der Waals surface area contributed by atoms with E-state index in [2.05, 4.69) is 6.92 Å². The van der Waals surface area contributed by atoms with Crippen LogP contribution in [-0.4, -0.2) is 61.9 Å². The van der Waals surface area contributed by atoms with Crippen molar-refractivity contribution in [2.45, 2.75) is 57.6 Å². The third-order valence-electron chi connectivity index (χ3n) is 6.19. The van der Waals surface area contributed by atoms with Crippen LogP contribution in [0.15, 0.2) is 27.5 Å². The van der Waals surface area contributed by atoms with Crippen molar-refractivity contribution in [3.05, 3.63) is 29.5 Å². The molecule has 2 aliphatic heterocycles. The molecule has 2 aromatic rings. The van der Waals surface area contributed by atoms with Crippen molar-refractivity contribution in [3.8, 4) is 0 Å². The van der Waals surface area contributed by atoms with E-state index < -0.39 is 10.0 Å². The van der Waals surface area contributed by atoms with Crippen molar-refractivity contribution in [2.75, 3.05) is 26.2 Å². The molecule has 164 valence electrons. The number of benzene rings is 1. The number of hydrogen-bond acceptors (Lipinski definition) is 5. The van der Waals surface area contributed by atoms with Crippen molar-refractivity contribution in [3.63, 3.8) is 0 Å². The third-order valence-corrected chi connectivity index (χ3v) is 8.08. The molecule has 2 unspecified atom stereocenters. The van der Waals surface area contributed by atoms with Crippen LogP contribution in [-0.2, 0) is 14.8 Å². The summed E-state index contributed by atoms with van der Waals surface area (Å²) >= 11 is 0. The van der Waals surface area contributed by atoms with Crippen LogP contribution in [0.1, 0.15) is 49.7 Å². The number of morpholine rings is 1. The minimum Gasteiger partial charge on any atom is -0.451 e. The Kier molecular flexibility index (Phi) is 5.67. The van der Waals surface area contributed by atoms with Gasteiger partial charge in [-0.05, 0) is 57.7 Å². The first-order valence-corrected chi connectivity index (χ1v) is 12.1. The Morgan fingerprint density at radius 1 is 1.07 bits per heavy atom. The number of fused-ring (bicyclic) bond motifs is 1. The normalized spacial score (nSPS) is 24.5. The van der Waals surface area contributed by atoms with E-state index in [4.69, 9.17) is 9.15 Å². The summed E-state index contributed by atoms with van der Waals surface area (Å²) in [5.74, 6) is 0.641. The van der Waals surface area contributed by atoms with Gasteiger partial charge >= 0.3 is 0 Å². The van der Waals surface area contributed by atoms with Gasteiger partial charge in [0.15, 0.2) is 5.76 Å². The summed E-state index contributed by atoms with van der Waals surface area (Å²) < 4.78 is 39.4. The molecule has 0 radical (unpaired) electrons. The molecule has 1 aromatic heterocycles. The molecule has 30 heavy (non-hydrogen) atoms. The lowest BCUT2D eigenvalue weighted by atomic mass is 10.0. The van der Waals surface area contributed by atoms with Crippen molar-refractivity contribution in [2.24, 2.45) is 5.92 Å². The number of nitrogens with zero attached hydrogens (tertiary/aromatic N) is 2. The average Bonchev–Trinajstić information content (AvgIpc) is 3.03. The summed E-state index contributed by atoms with van der Waals surface area (Å²) in [5.41, 5.74) is 1.20. The number of ether oxygens (including phenoxy) is 1. The van der Waals surface area contributed by atoms with E-state index in [-0.39, 0.29) is 28.8 Å². The van der Waals surface area contributed by atoms with Crippen LogP contribution in [0.4, 0.5) is 0 Å². The highest BCUT2D eigenvalue weighted by atomic mass is 32.2. The van der Waals surface area contributed by atoms with E-state index in [0.717, 1.165) is 12.8 Å². The van der Waals surface area contributed by atoms with Gasteiger partial charge in [0, 0.05) is 37.1 Å². The highest BCUT2D eigenvalue weighted by Crippen LogP contribution is 2.31. The fourth-order valence-electron chi connectivity index (χ4n) is 4.43. The van der Waals surface area contributed by atoms with E-state index in [9.17, 15) is 13.2 Å². The fourth-order valence-corrected chi connectivity index (χ4v) is 5.92. The smallest absolute Gasteiger partial charge is 0.290 e. The van der Waals surface area contributed by atoms with Gasteiger partial charge in [-0.1, -0.05) is 6.92 Å². The number of sulfonamides is 1. The Balaban J connectivity index is 1.64. The van der Waals surface area contributed by atoms with Crippen LogP contribution in [0.2, 0.25) is 0 Å². The maximum Gasteiger partial charge on any atom is 0.290 e. The van der Waals surface area contributed by atoms with Crippen molar-refractivity contribution >= 4 is 26.9 Å². The topological polar surface area (TPSA) is 80.1 Å². The largest absolute Gasteiger partial charge is 0.451 e. The summed E-state index contributed by atoms with van der Waals surface area (Å²) in [6.07, 6.45) is 1.68. The predicted octanol–water partition coefficient (Wildman–Crippen LogP) is 3.41. The van der Waals surface area contributed by atoms with Crippen LogP contribution in [0.25, 0.3) is 11.0 Å². The number of rotatable bonds is 3. The number of carbonyl (C=O) groups excluding carboxylic acids is 1. The molecule has 0 saturated carbocycles. The van der Waals surface area contributed by atoms with Gasteiger partial charge in [0.25, 0.3) is 5.91 Å². The number of aryl methyl sites for hydroxylation is 1. The van der Waals surface area contributed by atoms with E-state index in [1.54, 1.807) is 27.4 Å². The van der Waals surface area contributed by atoms with Gasteiger partial charge in [-0.3, -0.25) is 4.79 Å². The third kappa shape index (κ3) is 3.88. The standard InChI is InChI=1S/C22H30N2O5S/c1-14-7-9-24(10-8-14)30(26,27)18-5-6-20-19(11-18)17(4)21(29-20)22(25)23-12-15(2)28-16(3)13-23/h5-6,11,14-16H,7-10,12-13H2,1-4H3. The lowest BCUT2D eigenvalue weighted by Gasteiger charge is -2.34. The molecule has 7 nitrogen and oxygen atoms in total. The van der Waals surface area contributed by atoms with Gasteiger partial charge in [0.05, 0.1) is 17.1 Å². The van der Waals surface area contributed by atoms with Gasteiger partial charge in [0.1, 0.15) is 5.58 Å². The quantitative estimate of drug-likeness (QED) is 0.740. The molecule has 1 amide bonds. The Bertz CT molecular complexity index is 1040. The molecule has 0 N–H and O–H groups in total. The minimum absolute atomic E-state index is 0.0357. The lowest BCUT2D eigenvalue weighted by molar-refractivity contribution is -0.0592. The average molecular weight is 435 g/mol. The van der Waals surface area contributed by atoms with Crippen molar-refractivity contribution in [1.29, 1.82) is 0 Å². The Morgan fingerprint density at radius 3 is 2.33 bits per heavy atom. The van der Waals surface area contributed by atoms with Crippen LogP contribution in [0, 0.1) is 12.8 Å². The molecule has 3 heterocycles. The number of amides is 1. The molecular formula is C22H30N2O5S. The molecule has 2 saturated heterocycles. The van der Waals surface area contributed by atoms with Crippen LogP contribution < -0.4 is 0 Å². The maximum absolute atomic E-state index is 13.1. The first-order valence-electron chi connectivity index (χ1n) is 10.6. The highest BCUT2D eigenvalue weighted by molar-refractivity contribution is 7.89. The minimum atomic E-state index is -3.56. The number of carbonyl (C=O) groups is 1. The molecule has 0 spiro atoms. The van der Waals surface area contributed by atoms with Gasteiger partial charge in [0.2, 0.25) is 10.0 Å². The summed E-state index contributed by atoms with van der Waals surface area (Å²) in [5, 5.41) is 0.666. The molecular weight excluding hydrogens is 404 g/mol. The first kappa shape index (κ1) is 21.3. The SMILES string of the molecule is Cc1c(C(=O)N2CC(C)OC(C)C2)oc2ccc(S(=O)(=O)N3CCC(C)CC3)cc12. The molecule has 8 heteroatoms. The van der Waals surface area contributed by atoms with Crippen molar-refractivity contribution in [1.82, 2.24) is 9.21 Å². The van der Waals surface area contributed by atoms with Crippen LogP contribution >= 0.6 is 0 Å². The van der Waals surface area contributed by atoms with Crippen LogP contribution in [0.3, 0.4) is 0 Å². The Labute approximate surface area is 178 Å². The summed E-state index contributed by atoms with van der Waals surface area (Å²) in [4.78, 5) is 15.1. The van der Waals surface area contributed by atoms with Crippen molar-refractivity contribution < 1.29 is 22.4 Å². The molecule has 0 aliphatic carbocycles. The van der Waals surface area contributed by atoms with Gasteiger partial charge in [-0.25, -0.2) is 8.42 Å². The molecule has 2 fully saturated rings. The second kappa shape index (κ2) is 7.98. The predicted molar refractivity (Wildman–Crippen MR) is 114 cm³/mol. The zero-order valence-corrected chi connectivity index (χ0v) is 18.9. The van der Waals surface area contributed by atoms with E-state index in [0.29, 0.717) is 48.6 Å². The summed E-state index contributed by atoms with van der Waals surface area (Å²) in [7, 11) is -3.56. The second-order valence-electron chi connectivity index (χ2n) is 8.77. The fraction of sp³-hybridized carbons (Fsp3) is 0.591. The van der Waals surface area contributed by atoms with Crippen LogP contribution in [0.5, 0.6) is 0 Å². The lowest BCUT2D eigenvalue weighted by Crippen LogP contribution is -2.48. The van der Waals surface area contributed by atoms with Gasteiger partial charge in [-0.15, -0.1) is 0 Å². The van der Waals surface area contributed by atoms with Gasteiger partial charge < -0.3 is 14.1 Å². The summed E-state index contributed by atoms with van der Waals surface area (Å²) in [6.45, 7) is 9.95. The monoisotopic (exact) mass is 434 g/mol. The molecule has 0 bridgehead atoms. The zero-order valence-electron chi connectivity index (χ0n) is 18.1. The molecule has 2 aliphatic rings. The zero-order chi connectivity index (χ0) is 21.6. The Morgan fingerprint density at radius 2 is 1.70 bits per heavy atom. The van der Waals surface area contributed by atoms with E-state index in [1.165, 1.54) is 0 Å². The highest BCUT2D eigenvalue weighted by Gasteiger charge is 2.31. The number of furan rings is 1. The molecule has 1 aromatic carbocycles. The molecule has 2 atom stereocenters.